The first-order valence-corrected chi connectivity index (χ1v) is 12.2. The number of rotatable bonds is 7. The first-order chi connectivity index (χ1) is 16.7. The zero-order valence-electron chi connectivity index (χ0n) is 19.4. The number of sulfone groups is 1. The molecule has 1 heterocycles. The first-order valence-electron chi connectivity index (χ1n) is 10.7. The Kier molecular flexibility index (Phi) is 6.61. The minimum absolute atomic E-state index is 0.0207. The predicted octanol–water partition coefficient (Wildman–Crippen LogP) is 3.80. The monoisotopic (exact) mass is 492 g/mol. The molecule has 1 N–H and O–H groups in total. The maximum Gasteiger partial charge on any atom is 0.244 e. The van der Waals surface area contributed by atoms with Gasteiger partial charge < -0.3 is 19.4 Å². The number of carbonyl (C=O) groups is 1. The van der Waals surface area contributed by atoms with E-state index in [0.717, 1.165) is 5.56 Å². The number of methoxy groups -OCH3 is 2. The molecule has 4 rings (SSSR count). The summed E-state index contributed by atoms with van der Waals surface area (Å²) in [6.07, 6.45) is 1.20. The molecule has 0 unspecified atom stereocenters. The lowest BCUT2D eigenvalue weighted by molar-refractivity contribution is -0.116. The number of amides is 1. The van der Waals surface area contributed by atoms with Crippen LogP contribution in [-0.2, 0) is 21.2 Å². The van der Waals surface area contributed by atoms with Gasteiger partial charge in [-0.25, -0.2) is 8.42 Å². The van der Waals surface area contributed by atoms with Crippen LogP contribution in [0.25, 0.3) is 10.9 Å². The number of nitrogens with one attached hydrogen (secondary N) is 1. The molecule has 0 spiro atoms. The third kappa shape index (κ3) is 4.76. The third-order valence-corrected chi connectivity index (χ3v) is 7.27. The average Bonchev–Trinajstić information content (AvgIpc) is 2.85. The van der Waals surface area contributed by atoms with Crippen molar-refractivity contribution in [2.75, 3.05) is 19.5 Å². The van der Waals surface area contributed by atoms with Crippen LogP contribution in [0.5, 0.6) is 11.5 Å². The lowest BCUT2D eigenvalue weighted by Crippen LogP contribution is -2.24. The summed E-state index contributed by atoms with van der Waals surface area (Å²) >= 11 is 0. The fraction of sp³-hybridized carbons (Fsp3) is 0.154. The van der Waals surface area contributed by atoms with E-state index in [1.807, 2.05) is 25.1 Å². The number of anilines is 1. The second-order valence-corrected chi connectivity index (χ2v) is 9.83. The summed E-state index contributed by atoms with van der Waals surface area (Å²) in [6.45, 7) is 1.67. The maximum atomic E-state index is 13.4. The fourth-order valence-electron chi connectivity index (χ4n) is 3.82. The van der Waals surface area contributed by atoms with E-state index in [4.69, 9.17) is 9.47 Å². The van der Waals surface area contributed by atoms with Crippen molar-refractivity contribution in [2.24, 2.45) is 0 Å². The molecule has 0 fully saturated rings. The minimum atomic E-state index is -4.16. The number of pyridine rings is 1. The van der Waals surface area contributed by atoms with E-state index in [2.05, 4.69) is 5.32 Å². The standard InChI is InChI=1S/C26H24N2O6S/c1-17-8-7-9-18(12-17)27-25(29)16-28-15-24(35(31,32)19-10-5-4-6-11-19)26(30)20-13-22(33-2)23(34-3)14-21(20)28/h4-15H,16H2,1-3H3,(H,27,29). The Bertz CT molecular complexity index is 1580. The van der Waals surface area contributed by atoms with Gasteiger partial charge in [-0.15, -0.1) is 0 Å². The van der Waals surface area contributed by atoms with Gasteiger partial charge >= 0.3 is 0 Å². The topological polar surface area (TPSA) is 104 Å². The summed E-state index contributed by atoms with van der Waals surface area (Å²) in [5.41, 5.74) is 1.22. The summed E-state index contributed by atoms with van der Waals surface area (Å²) in [7, 11) is -1.29. The van der Waals surface area contributed by atoms with Crippen LogP contribution in [0.15, 0.2) is 87.5 Å². The van der Waals surface area contributed by atoms with E-state index in [-0.39, 0.29) is 22.6 Å². The number of carbonyl (C=O) groups excluding carboxylic acids is 1. The Morgan fingerprint density at radius 1 is 0.943 bits per heavy atom. The Hall–Kier alpha value is -4.11. The highest BCUT2D eigenvalue weighted by Crippen LogP contribution is 2.32. The Morgan fingerprint density at radius 3 is 2.29 bits per heavy atom. The van der Waals surface area contributed by atoms with Crippen molar-refractivity contribution in [2.45, 2.75) is 23.3 Å². The van der Waals surface area contributed by atoms with Crippen LogP contribution < -0.4 is 20.2 Å². The second kappa shape index (κ2) is 9.63. The molecule has 1 aromatic heterocycles. The molecule has 3 aromatic carbocycles. The highest BCUT2D eigenvalue weighted by molar-refractivity contribution is 7.91. The van der Waals surface area contributed by atoms with Gasteiger partial charge in [0.15, 0.2) is 11.5 Å². The Balaban J connectivity index is 1.89. The Labute approximate surface area is 202 Å². The van der Waals surface area contributed by atoms with Gasteiger partial charge in [-0.3, -0.25) is 9.59 Å². The molecule has 0 aliphatic carbocycles. The van der Waals surface area contributed by atoms with Crippen LogP contribution in [0.1, 0.15) is 5.56 Å². The van der Waals surface area contributed by atoms with Gasteiger partial charge in [0.25, 0.3) is 0 Å². The maximum absolute atomic E-state index is 13.4. The molecule has 0 atom stereocenters. The predicted molar refractivity (Wildman–Crippen MR) is 133 cm³/mol. The summed E-state index contributed by atoms with van der Waals surface area (Å²) in [5, 5.41) is 2.89. The van der Waals surface area contributed by atoms with E-state index in [9.17, 15) is 18.0 Å². The normalized spacial score (nSPS) is 11.3. The van der Waals surface area contributed by atoms with Crippen molar-refractivity contribution in [3.8, 4) is 11.5 Å². The molecular weight excluding hydrogens is 468 g/mol. The van der Waals surface area contributed by atoms with Crippen molar-refractivity contribution in [1.82, 2.24) is 4.57 Å². The number of aryl methyl sites for hydroxylation is 1. The van der Waals surface area contributed by atoms with E-state index in [1.165, 1.54) is 43.2 Å². The molecule has 8 nitrogen and oxygen atoms in total. The van der Waals surface area contributed by atoms with Crippen LogP contribution in [0.3, 0.4) is 0 Å². The second-order valence-electron chi connectivity index (χ2n) is 7.91. The van der Waals surface area contributed by atoms with Gasteiger partial charge in [-0.05, 0) is 42.8 Å². The zero-order valence-corrected chi connectivity index (χ0v) is 20.3. The molecular formula is C26H24N2O6S. The van der Waals surface area contributed by atoms with Crippen LogP contribution in [0.4, 0.5) is 5.69 Å². The summed E-state index contributed by atoms with van der Waals surface area (Å²) in [6, 6.07) is 18.0. The van der Waals surface area contributed by atoms with Gasteiger partial charge in [0.1, 0.15) is 11.4 Å². The smallest absolute Gasteiger partial charge is 0.244 e. The number of hydrogen-bond acceptors (Lipinski definition) is 6. The highest BCUT2D eigenvalue weighted by atomic mass is 32.2. The molecule has 0 aliphatic rings. The summed E-state index contributed by atoms with van der Waals surface area (Å²) in [5.74, 6) is 0.214. The molecule has 9 heteroatoms. The lowest BCUT2D eigenvalue weighted by atomic mass is 10.1. The lowest BCUT2D eigenvalue weighted by Gasteiger charge is -2.16. The number of ether oxygens (including phenoxy) is 2. The van der Waals surface area contributed by atoms with E-state index in [0.29, 0.717) is 17.0 Å². The fourth-order valence-corrected chi connectivity index (χ4v) is 5.21. The van der Waals surface area contributed by atoms with Crippen LogP contribution >= 0.6 is 0 Å². The van der Waals surface area contributed by atoms with Crippen molar-refractivity contribution in [1.29, 1.82) is 0 Å². The van der Waals surface area contributed by atoms with Crippen molar-refractivity contribution >= 4 is 32.3 Å². The average molecular weight is 493 g/mol. The van der Waals surface area contributed by atoms with Gasteiger partial charge in [0.2, 0.25) is 21.2 Å². The molecule has 0 radical (unpaired) electrons. The van der Waals surface area contributed by atoms with E-state index in [1.54, 1.807) is 30.3 Å². The van der Waals surface area contributed by atoms with Crippen molar-refractivity contribution in [3.05, 3.63) is 88.7 Å². The summed E-state index contributed by atoms with van der Waals surface area (Å²) < 4.78 is 38.9. The molecule has 0 aliphatic heterocycles. The van der Waals surface area contributed by atoms with E-state index < -0.39 is 26.1 Å². The first kappa shape index (κ1) is 24.0. The molecule has 0 saturated heterocycles. The molecule has 0 saturated carbocycles. The molecule has 180 valence electrons. The van der Waals surface area contributed by atoms with Crippen molar-refractivity contribution in [3.63, 3.8) is 0 Å². The third-order valence-electron chi connectivity index (χ3n) is 5.51. The van der Waals surface area contributed by atoms with Crippen LogP contribution in [0, 0.1) is 6.92 Å². The SMILES string of the molecule is COc1cc2c(=O)c(S(=O)(=O)c3ccccc3)cn(CC(=O)Nc3cccc(C)c3)c2cc1OC. The molecule has 4 aromatic rings. The number of aromatic nitrogens is 1. The number of fused-ring (bicyclic) bond motifs is 1. The largest absolute Gasteiger partial charge is 0.493 e. The van der Waals surface area contributed by atoms with Gasteiger partial charge in [-0.2, -0.15) is 0 Å². The van der Waals surface area contributed by atoms with Crippen LogP contribution in [0.2, 0.25) is 0 Å². The van der Waals surface area contributed by atoms with Gasteiger partial charge in [0.05, 0.1) is 30.0 Å². The number of hydrogen-bond donors (Lipinski definition) is 1. The van der Waals surface area contributed by atoms with Gasteiger partial charge in [0, 0.05) is 18.0 Å². The Morgan fingerprint density at radius 2 is 1.63 bits per heavy atom. The van der Waals surface area contributed by atoms with Crippen LogP contribution in [-0.4, -0.2) is 33.1 Å². The minimum Gasteiger partial charge on any atom is -0.493 e. The van der Waals surface area contributed by atoms with Crippen molar-refractivity contribution < 1.29 is 22.7 Å². The number of nitrogens with zero attached hydrogens (tertiary/aromatic N) is 1. The molecule has 0 bridgehead atoms. The quantitative estimate of drug-likeness (QED) is 0.421. The van der Waals surface area contributed by atoms with E-state index >= 15 is 0 Å². The highest BCUT2D eigenvalue weighted by Gasteiger charge is 2.25. The number of benzene rings is 3. The summed E-state index contributed by atoms with van der Waals surface area (Å²) in [4.78, 5) is 25.8. The molecule has 35 heavy (non-hydrogen) atoms. The van der Waals surface area contributed by atoms with Gasteiger partial charge in [-0.1, -0.05) is 30.3 Å². The zero-order chi connectivity index (χ0) is 25.2. The molecule has 1 amide bonds.